The Balaban J connectivity index is 2.17. The number of dihydropyridines is 1. The third kappa shape index (κ3) is 4.65. The molecule has 1 heterocycles. The molecule has 0 spiro atoms. The number of methoxy groups -OCH3 is 2. The third-order valence-corrected chi connectivity index (χ3v) is 6.19. The van der Waals surface area contributed by atoms with Gasteiger partial charge in [-0.1, -0.05) is 13.8 Å². The molecule has 0 saturated heterocycles. The van der Waals surface area contributed by atoms with Crippen molar-refractivity contribution in [3.05, 3.63) is 44.7 Å². The Labute approximate surface area is 190 Å². The third-order valence-electron chi connectivity index (χ3n) is 5.58. The number of Topliss-reactive ketones (excluding diaryl/α,β-unsaturated/α-hetero) is 1. The zero-order chi connectivity index (χ0) is 22.9. The van der Waals surface area contributed by atoms with Crippen molar-refractivity contribution in [1.82, 2.24) is 5.32 Å². The van der Waals surface area contributed by atoms with Gasteiger partial charge in [0, 0.05) is 36.4 Å². The monoisotopic (exact) mass is 493 g/mol. The van der Waals surface area contributed by atoms with E-state index in [9.17, 15) is 14.7 Å². The lowest BCUT2D eigenvalue weighted by Gasteiger charge is -2.39. The predicted molar refractivity (Wildman–Crippen MR) is 119 cm³/mol. The average molecular weight is 494 g/mol. The molecule has 0 fully saturated rings. The highest BCUT2D eigenvalue weighted by atomic mass is 79.9. The number of nitrogens with one attached hydrogen (secondary N) is 1. The summed E-state index contributed by atoms with van der Waals surface area (Å²) < 4.78 is 16.1. The number of phenolic OH excluding ortho intramolecular Hbond substituents is 1. The molecular weight excluding hydrogens is 466 g/mol. The van der Waals surface area contributed by atoms with E-state index >= 15 is 0 Å². The standard InChI is InChI=1S/C23H28BrNO6/c1-12-18(22(28)31-7-6-29-4)19(13-8-14(24)21(27)17(9-13)30-5)20-15(25-12)10-23(2,3)11-16(20)26/h8-9,19,25,27H,6-7,10-11H2,1-5H3/t19-/m0/s1. The molecule has 2 aliphatic rings. The van der Waals surface area contributed by atoms with Gasteiger partial charge in [-0.15, -0.1) is 0 Å². The van der Waals surface area contributed by atoms with Gasteiger partial charge in [-0.2, -0.15) is 0 Å². The molecule has 2 N–H and O–H groups in total. The number of hydrogen-bond donors (Lipinski definition) is 2. The number of allylic oxidation sites excluding steroid dienone is 3. The van der Waals surface area contributed by atoms with Gasteiger partial charge in [0.2, 0.25) is 0 Å². The molecule has 0 saturated carbocycles. The van der Waals surface area contributed by atoms with E-state index in [0.717, 1.165) is 5.70 Å². The summed E-state index contributed by atoms with van der Waals surface area (Å²) >= 11 is 3.35. The van der Waals surface area contributed by atoms with Crippen LogP contribution in [0.5, 0.6) is 11.5 Å². The fourth-order valence-electron chi connectivity index (χ4n) is 4.25. The second-order valence-corrected chi connectivity index (χ2v) is 9.47. The first-order chi connectivity index (χ1) is 14.6. The summed E-state index contributed by atoms with van der Waals surface area (Å²) in [5, 5.41) is 13.6. The first-order valence-corrected chi connectivity index (χ1v) is 10.9. The molecule has 1 aromatic carbocycles. The summed E-state index contributed by atoms with van der Waals surface area (Å²) in [6.07, 6.45) is 1.07. The van der Waals surface area contributed by atoms with Gasteiger partial charge in [-0.25, -0.2) is 4.79 Å². The molecule has 1 aliphatic carbocycles. The van der Waals surface area contributed by atoms with Crippen molar-refractivity contribution in [1.29, 1.82) is 0 Å². The number of hydrogen-bond acceptors (Lipinski definition) is 7. The highest BCUT2D eigenvalue weighted by molar-refractivity contribution is 9.10. The fourth-order valence-corrected chi connectivity index (χ4v) is 4.71. The van der Waals surface area contributed by atoms with E-state index in [1.54, 1.807) is 12.1 Å². The van der Waals surface area contributed by atoms with Gasteiger partial charge in [0.25, 0.3) is 0 Å². The number of aromatic hydroxyl groups is 1. The maximum Gasteiger partial charge on any atom is 0.336 e. The van der Waals surface area contributed by atoms with Crippen molar-refractivity contribution >= 4 is 27.7 Å². The fraction of sp³-hybridized carbons (Fsp3) is 0.478. The van der Waals surface area contributed by atoms with Crippen LogP contribution in [-0.4, -0.2) is 44.3 Å². The van der Waals surface area contributed by atoms with E-state index in [0.29, 0.717) is 39.7 Å². The molecule has 7 nitrogen and oxygen atoms in total. The molecular formula is C23H28BrNO6. The van der Waals surface area contributed by atoms with Crippen LogP contribution in [0, 0.1) is 5.41 Å². The lowest BCUT2D eigenvalue weighted by Crippen LogP contribution is -2.38. The number of ketones is 1. The van der Waals surface area contributed by atoms with Gasteiger partial charge < -0.3 is 24.6 Å². The summed E-state index contributed by atoms with van der Waals surface area (Å²) in [7, 11) is 2.98. The minimum Gasteiger partial charge on any atom is -0.503 e. The van der Waals surface area contributed by atoms with Crippen LogP contribution in [0.15, 0.2) is 39.1 Å². The second-order valence-electron chi connectivity index (χ2n) is 8.61. The smallest absolute Gasteiger partial charge is 0.336 e. The highest BCUT2D eigenvalue weighted by Crippen LogP contribution is 2.48. The number of carbonyl (C=O) groups is 2. The van der Waals surface area contributed by atoms with Crippen LogP contribution in [0.25, 0.3) is 0 Å². The Hall–Kier alpha value is -2.32. The Bertz CT molecular complexity index is 979. The van der Waals surface area contributed by atoms with Crippen LogP contribution >= 0.6 is 15.9 Å². The molecule has 1 aromatic rings. The van der Waals surface area contributed by atoms with Crippen LogP contribution in [0.2, 0.25) is 0 Å². The quantitative estimate of drug-likeness (QED) is 0.457. The number of carbonyl (C=O) groups excluding carboxylic acids is 2. The Morgan fingerprint density at radius 1 is 1.26 bits per heavy atom. The van der Waals surface area contributed by atoms with Crippen molar-refractivity contribution in [2.24, 2.45) is 5.41 Å². The number of halogens is 1. The van der Waals surface area contributed by atoms with Gasteiger partial charge in [0.1, 0.15) is 6.61 Å². The van der Waals surface area contributed by atoms with Crippen molar-refractivity contribution < 1.29 is 28.9 Å². The summed E-state index contributed by atoms with van der Waals surface area (Å²) in [5.41, 5.74) is 2.85. The van der Waals surface area contributed by atoms with Crippen molar-refractivity contribution in [2.45, 2.75) is 39.5 Å². The first-order valence-electron chi connectivity index (χ1n) is 10.1. The maximum atomic E-state index is 13.3. The zero-order valence-electron chi connectivity index (χ0n) is 18.4. The Kier molecular flexibility index (Phi) is 6.81. The molecule has 0 amide bonds. The largest absolute Gasteiger partial charge is 0.503 e. The summed E-state index contributed by atoms with van der Waals surface area (Å²) in [6, 6.07) is 3.37. The summed E-state index contributed by atoms with van der Waals surface area (Å²) in [4.78, 5) is 26.4. The lowest BCUT2D eigenvalue weighted by molar-refractivity contribution is -0.140. The number of esters is 1. The molecule has 8 heteroatoms. The van der Waals surface area contributed by atoms with Gasteiger partial charge >= 0.3 is 5.97 Å². The molecule has 0 unspecified atom stereocenters. The van der Waals surface area contributed by atoms with E-state index in [1.807, 2.05) is 6.92 Å². The van der Waals surface area contributed by atoms with E-state index < -0.39 is 11.9 Å². The van der Waals surface area contributed by atoms with Gasteiger partial charge in [-0.05, 0) is 52.4 Å². The van der Waals surface area contributed by atoms with Crippen LogP contribution in [0.3, 0.4) is 0 Å². The Morgan fingerprint density at radius 3 is 2.61 bits per heavy atom. The minimum absolute atomic E-state index is 0.0124. The molecule has 1 atom stereocenters. The van der Waals surface area contributed by atoms with Gasteiger partial charge in [0.05, 0.1) is 23.8 Å². The summed E-state index contributed by atoms with van der Waals surface area (Å²) in [5.74, 6) is -0.962. The van der Waals surface area contributed by atoms with E-state index in [1.165, 1.54) is 14.2 Å². The molecule has 0 radical (unpaired) electrons. The van der Waals surface area contributed by atoms with Gasteiger partial charge in [0.15, 0.2) is 17.3 Å². The minimum atomic E-state index is -0.638. The zero-order valence-corrected chi connectivity index (χ0v) is 20.0. The number of ether oxygens (including phenoxy) is 3. The lowest BCUT2D eigenvalue weighted by atomic mass is 9.68. The van der Waals surface area contributed by atoms with Crippen LogP contribution in [-0.2, 0) is 19.1 Å². The highest BCUT2D eigenvalue weighted by Gasteiger charge is 2.43. The van der Waals surface area contributed by atoms with Crippen molar-refractivity contribution in [3.63, 3.8) is 0 Å². The maximum absolute atomic E-state index is 13.3. The molecule has 31 heavy (non-hydrogen) atoms. The normalized spacial score (nSPS) is 20.3. The molecule has 0 bridgehead atoms. The van der Waals surface area contributed by atoms with E-state index in [-0.39, 0.29) is 35.9 Å². The topological polar surface area (TPSA) is 94.1 Å². The second kappa shape index (κ2) is 9.04. The van der Waals surface area contributed by atoms with Crippen LogP contribution < -0.4 is 10.1 Å². The molecule has 168 valence electrons. The molecule has 3 rings (SSSR count). The number of benzene rings is 1. The van der Waals surface area contributed by atoms with E-state index in [2.05, 4.69) is 35.1 Å². The first kappa shape index (κ1) is 23.3. The SMILES string of the molecule is COCCOC(=O)C1=C(C)NC2=C(C(=O)CC(C)(C)C2)[C@H]1c1cc(Br)c(O)c(OC)c1. The molecule has 1 aliphatic heterocycles. The average Bonchev–Trinajstić information content (AvgIpc) is 2.68. The number of rotatable bonds is 6. The van der Waals surface area contributed by atoms with Crippen LogP contribution in [0.1, 0.15) is 45.1 Å². The molecule has 0 aromatic heterocycles. The van der Waals surface area contributed by atoms with Gasteiger partial charge in [-0.3, -0.25) is 4.79 Å². The van der Waals surface area contributed by atoms with E-state index in [4.69, 9.17) is 14.2 Å². The predicted octanol–water partition coefficient (Wildman–Crippen LogP) is 3.96. The van der Waals surface area contributed by atoms with Crippen molar-refractivity contribution in [2.75, 3.05) is 27.4 Å². The Morgan fingerprint density at radius 2 is 1.97 bits per heavy atom. The van der Waals surface area contributed by atoms with Crippen LogP contribution in [0.4, 0.5) is 0 Å². The summed E-state index contributed by atoms with van der Waals surface area (Å²) in [6.45, 7) is 6.30. The number of phenols is 1. The van der Waals surface area contributed by atoms with Crippen molar-refractivity contribution in [3.8, 4) is 11.5 Å².